The number of nitrogens with one attached hydrogen (secondary N) is 1. The molecule has 0 atom stereocenters. The van der Waals surface area contributed by atoms with Crippen LogP contribution >= 0.6 is 0 Å². The Kier molecular flexibility index (Phi) is 2.03. The van der Waals surface area contributed by atoms with Crippen LogP contribution in [-0.2, 0) is 0 Å². The lowest BCUT2D eigenvalue weighted by Gasteiger charge is -2.41. The van der Waals surface area contributed by atoms with E-state index in [4.69, 9.17) is 0 Å². The number of rotatable bonds is 2. The van der Waals surface area contributed by atoms with Crippen molar-refractivity contribution in [3.63, 3.8) is 0 Å². The van der Waals surface area contributed by atoms with Gasteiger partial charge in [0.05, 0.1) is 0 Å². The fraction of sp³-hybridized carbons (Fsp3) is 0.286. The number of aromatic amines is 1. The maximum Gasteiger partial charge on any atom is 0.0456 e. The van der Waals surface area contributed by atoms with Crippen LogP contribution in [-0.4, -0.2) is 23.0 Å². The molecule has 0 saturated carbocycles. The molecule has 0 bridgehead atoms. The lowest BCUT2D eigenvalue weighted by molar-refractivity contribution is 0.201. The second-order valence-corrected chi connectivity index (χ2v) is 4.63. The first-order chi connectivity index (χ1) is 7.75. The minimum absolute atomic E-state index is 0.660. The largest absolute Gasteiger partial charge is 0.374 e. The van der Waals surface area contributed by atoms with Gasteiger partial charge < -0.3 is 9.88 Å². The van der Waals surface area contributed by atoms with Gasteiger partial charge in [-0.2, -0.15) is 0 Å². The third kappa shape index (κ3) is 1.33. The van der Waals surface area contributed by atoms with E-state index in [1.165, 1.54) is 22.2 Å². The maximum absolute atomic E-state index is 3.97. The Morgan fingerprint density at radius 2 is 2.12 bits per heavy atom. The second kappa shape index (κ2) is 3.41. The zero-order valence-corrected chi connectivity index (χ0v) is 9.53. The lowest BCUT2D eigenvalue weighted by atomic mass is 9.91. The number of aromatic nitrogens is 1. The van der Waals surface area contributed by atoms with Gasteiger partial charge in [0.25, 0.3) is 0 Å². The van der Waals surface area contributed by atoms with Gasteiger partial charge in [0.1, 0.15) is 0 Å². The molecular formula is C14H16N2. The molecule has 1 saturated heterocycles. The monoisotopic (exact) mass is 212 g/mol. The average Bonchev–Trinajstić information content (AvgIpc) is 2.60. The van der Waals surface area contributed by atoms with E-state index < -0.39 is 0 Å². The molecule has 3 rings (SSSR count). The van der Waals surface area contributed by atoms with Crippen LogP contribution in [0.25, 0.3) is 10.9 Å². The Morgan fingerprint density at radius 3 is 2.88 bits per heavy atom. The van der Waals surface area contributed by atoms with E-state index in [1.807, 2.05) is 0 Å². The summed E-state index contributed by atoms with van der Waals surface area (Å²) in [6.45, 7) is 8.26. The van der Waals surface area contributed by atoms with Crippen LogP contribution in [0.4, 0.5) is 0 Å². The summed E-state index contributed by atoms with van der Waals surface area (Å²) >= 11 is 0. The molecule has 1 N–H and O–H groups in total. The van der Waals surface area contributed by atoms with Gasteiger partial charge in [0.15, 0.2) is 0 Å². The molecule has 2 aromatic rings. The van der Waals surface area contributed by atoms with E-state index in [9.17, 15) is 0 Å². The predicted molar refractivity (Wildman–Crippen MR) is 67.4 cm³/mol. The predicted octanol–water partition coefficient (Wildman–Crippen LogP) is 3.10. The van der Waals surface area contributed by atoms with E-state index in [-0.39, 0.29) is 0 Å². The van der Waals surface area contributed by atoms with Crippen LogP contribution in [0.3, 0.4) is 0 Å². The van der Waals surface area contributed by atoms with Gasteiger partial charge in [-0.3, -0.25) is 0 Å². The molecule has 0 unspecified atom stereocenters. The van der Waals surface area contributed by atoms with E-state index in [0.717, 1.165) is 13.1 Å². The molecule has 1 aliphatic heterocycles. The molecular weight excluding hydrogens is 196 g/mol. The van der Waals surface area contributed by atoms with E-state index in [1.54, 1.807) is 0 Å². The smallest absolute Gasteiger partial charge is 0.0456 e. The Balaban J connectivity index is 1.89. The molecule has 1 aliphatic rings. The summed E-state index contributed by atoms with van der Waals surface area (Å²) in [6.07, 6.45) is 2.16. The van der Waals surface area contributed by atoms with Gasteiger partial charge in [0.2, 0.25) is 0 Å². The highest BCUT2D eigenvalue weighted by Gasteiger charge is 2.29. The first-order valence-electron chi connectivity index (χ1n) is 5.72. The van der Waals surface area contributed by atoms with Gasteiger partial charge in [0, 0.05) is 41.8 Å². The average molecular weight is 212 g/mol. The van der Waals surface area contributed by atoms with Crippen LogP contribution in [0.15, 0.2) is 42.7 Å². The fourth-order valence-electron chi connectivity index (χ4n) is 2.42. The van der Waals surface area contributed by atoms with Crippen molar-refractivity contribution in [3.8, 4) is 0 Å². The highest BCUT2D eigenvalue weighted by atomic mass is 15.2. The molecule has 0 amide bonds. The number of fused-ring (bicyclic) bond motifs is 1. The highest BCUT2D eigenvalue weighted by molar-refractivity contribution is 5.83. The van der Waals surface area contributed by atoms with Crippen molar-refractivity contribution < 1.29 is 0 Å². The molecule has 0 aliphatic carbocycles. The van der Waals surface area contributed by atoms with Crippen molar-refractivity contribution in [2.45, 2.75) is 12.8 Å². The second-order valence-electron chi connectivity index (χ2n) is 4.63. The quantitative estimate of drug-likeness (QED) is 0.810. The van der Waals surface area contributed by atoms with Crippen LogP contribution in [0.5, 0.6) is 0 Å². The number of hydrogen-bond donors (Lipinski definition) is 1. The van der Waals surface area contributed by atoms with E-state index in [0.29, 0.717) is 5.92 Å². The highest BCUT2D eigenvalue weighted by Crippen LogP contribution is 2.33. The summed E-state index contributed by atoms with van der Waals surface area (Å²) < 4.78 is 0. The van der Waals surface area contributed by atoms with Crippen molar-refractivity contribution >= 4 is 10.9 Å². The van der Waals surface area contributed by atoms with Gasteiger partial charge in [-0.25, -0.2) is 0 Å². The zero-order valence-electron chi connectivity index (χ0n) is 9.53. The summed E-state index contributed by atoms with van der Waals surface area (Å²) in [4.78, 5) is 5.67. The summed E-state index contributed by atoms with van der Waals surface area (Å²) in [5.74, 6) is 0.660. The molecule has 16 heavy (non-hydrogen) atoms. The number of para-hydroxylation sites is 1. The molecule has 2 nitrogen and oxygen atoms in total. The third-order valence-corrected chi connectivity index (χ3v) is 3.48. The lowest BCUT2D eigenvalue weighted by Crippen LogP contribution is -2.43. The molecule has 1 aromatic carbocycles. The molecule has 0 radical (unpaired) electrons. The SMILES string of the molecule is C=C(C)N1CC(c2c[nH]c3ccccc23)C1. The number of likely N-dealkylation sites (tertiary alicyclic amines) is 1. The van der Waals surface area contributed by atoms with Gasteiger partial charge in [-0.1, -0.05) is 24.8 Å². The van der Waals surface area contributed by atoms with E-state index in [2.05, 4.69) is 53.8 Å². The number of hydrogen-bond acceptors (Lipinski definition) is 1. The summed E-state index contributed by atoms with van der Waals surface area (Å²) in [6, 6.07) is 8.51. The van der Waals surface area contributed by atoms with Crippen molar-refractivity contribution in [2.24, 2.45) is 0 Å². The molecule has 2 heteroatoms. The number of allylic oxidation sites excluding steroid dienone is 1. The third-order valence-electron chi connectivity index (χ3n) is 3.48. The Labute approximate surface area is 95.6 Å². The summed E-state index contributed by atoms with van der Waals surface area (Å²) in [7, 11) is 0. The summed E-state index contributed by atoms with van der Waals surface area (Å²) in [5, 5.41) is 1.37. The molecule has 2 heterocycles. The van der Waals surface area contributed by atoms with Gasteiger partial charge in [-0.05, 0) is 18.6 Å². The van der Waals surface area contributed by atoms with Crippen molar-refractivity contribution in [1.82, 2.24) is 9.88 Å². The first-order valence-corrected chi connectivity index (χ1v) is 5.72. The molecule has 1 aromatic heterocycles. The van der Waals surface area contributed by atoms with Crippen molar-refractivity contribution in [2.75, 3.05) is 13.1 Å². The van der Waals surface area contributed by atoms with Gasteiger partial charge >= 0.3 is 0 Å². The fourth-order valence-corrected chi connectivity index (χ4v) is 2.42. The van der Waals surface area contributed by atoms with Crippen molar-refractivity contribution in [1.29, 1.82) is 0 Å². The summed E-state index contributed by atoms with van der Waals surface area (Å²) in [5.41, 5.74) is 3.87. The Morgan fingerprint density at radius 1 is 1.38 bits per heavy atom. The number of benzene rings is 1. The standard InChI is InChI=1S/C14H16N2/c1-10(2)16-8-11(9-16)13-7-15-14-6-4-3-5-12(13)14/h3-7,11,15H,1,8-9H2,2H3. The Hall–Kier alpha value is -1.70. The Bertz CT molecular complexity index is 532. The minimum atomic E-state index is 0.660. The van der Waals surface area contributed by atoms with E-state index >= 15 is 0 Å². The van der Waals surface area contributed by atoms with Crippen LogP contribution in [0.1, 0.15) is 18.4 Å². The number of H-pyrrole nitrogens is 1. The minimum Gasteiger partial charge on any atom is -0.374 e. The van der Waals surface area contributed by atoms with Crippen LogP contribution < -0.4 is 0 Å². The molecule has 82 valence electrons. The normalized spacial score (nSPS) is 16.4. The van der Waals surface area contributed by atoms with Crippen LogP contribution in [0.2, 0.25) is 0 Å². The molecule has 0 spiro atoms. The number of nitrogens with zero attached hydrogens (tertiary/aromatic N) is 1. The van der Waals surface area contributed by atoms with Crippen LogP contribution in [0, 0.1) is 0 Å². The van der Waals surface area contributed by atoms with Crippen molar-refractivity contribution in [3.05, 3.63) is 48.3 Å². The molecule has 1 fully saturated rings. The topological polar surface area (TPSA) is 19.0 Å². The zero-order chi connectivity index (χ0) is 11.1. The van der Waals surface area contributed by atoms with Gasteiger partial charge in [-0.15, -0.1) is 0 Å². The maximum atomic E-state index is 3.97. The first kappa shape index (κ1) is 9.52.